The number of rotatable bonds is 7. The summed E-state index contributed by atoms with van der Waals surface area (Å²) in [4.78, 5) is 2.46. The van der Waals surface area contributed by atoms with E-state index in [1.165, 1.54) is 57.6 Å². The van der Waals surface area contributed by atoms with Crippen LogP contribution >= 0.6 is 11.8 Å². The fraction of sp³-hybridized carbons (Fsp3) is 0.857. The van der Waals surface area contributed by atoms with E-state index in [1.54, 1.807) is 0 Å². The van der Waals surface area contributed by atoms with Crippen LogP contribution in [0.25, 0.3) is 0 Å². The highest BCUT2D eigenvalue weighted by molar-refractivity contribution is 7.99. The Balaban J connectivity index is 1.58. The van der Waals surface area contributed by atoms with E-state index in [-0.39, 0.29) is 0 Å². The van der Waals surface area contributed by atoms with Gasteiger partial charge in [-0.05, 0) is 44.7 Å². The lowest BCUT2D eigenvalue weighted by Crippen LogP contribution is -2.31. The van der Waals surface area contributed by atoms with Crippen LogP contribution in [0.4, 0.5) is 0 Å². The number of piperidine rings is 1. The smallest absolute Gasteiger partial charge is 0.0599 e. The Kier molecular flexibility index (Phi) is 5.70. The van der Waals surface area contributed by atoms with Gasteiger partial charge in [0, 0.05) is 24.1 Å². The highest BCUT2D eigenvalue weighted by atomic mass is 32.2. The molecule has 0 spiro atoms. The second kappa shape index (κ2) is 7.31. The van der Waals surface area contributed by atoms with Gasteiger partial charge < -0.3 is 5.32 Å². The van der Waals surface area contributed by atoms with E-state index in [2.05, 4.69) is 27.9 Å². The molecule has 17 heavy (non-hydrogen) atoms. The van der Waals surface area contributed by atoms with Crippen molar-refractivity contribution in [3.8, 4) is 12.3 Å². The molecule has 1 heterocycles. The largest absolute Gasteiger partial charge is 0.317 e. The van der Waals surface area contributed by atoms with Crippen molar-refractivity contribution in [2.45, 2.75) is 30.9 Å². The van der Waals surface area contributed by atoms with E-state index in [1.807, 2.05) is 0 Å². The normalized spacial score (nSPS) is 21.6. The molecule has 1 aliphatic carbocycles. The topological polar surface area (TPSA) is 15.3 Å². The zero-order valence-corrected chi connectivity index (χ0v) is 11.5. The molecule has 0 unspecified atom stereocenters. The molecule has 0 atom stereocenters. The Hall–Kier alpha value is -0.170. The van der Waals surface area contributed by atoms with Crippen LogP contribution in [0.2, 0.25) is 0 Å². The minimum absolute atomic E-state index is 0.837. The summed E-state index contributed by atoms with van der Waals surface area (Å²) in [6, 6.07) is 0. The summed E-state index contributed by atoms with van der Waals surface area (Å²) in [6.45, 7) is 5.65. The highest BCUT2D eigenvalue weighted by Gasteiger charge is 2.23. The Morgan fingerprint density at radius 1 is 1.24 bits per heavy atom. The first-order chi connectivity index (χ1) is 8.38. The van der Waals surface area contributed by atoms with Crippen molar-refractivity contribution in [1.82, 2.24) is 10.2 Å². The maximum atomic E-state index is 5.43. The van der Waals surface area contributed by atoms with Crippen LogP contribution in [-0.2, 0) is 0 Å². The standard InChI is InChI=1S/C14H24N2S/c1-2-9-16(12-13-3-4-13)10-11-17-14-5-7-15-8-6-14/h1,13-15H,3-12H2. The SMILES string of the molecule is C#CCN(CCSC1CCNCC1)CC1CC1. The molecule has 1 saturated heterocycles. The number of hydrogen-bond donors (Lipinski definition) is 1. The Labute approximate surface area is 110 Å². The van der Waals surface area contributed by atoms with Gasteiger partial charge >= 0.3 is 0 Å². The lowest BCUT2D eigenvalue weighted by Gasteiger charge is -2.24. The average molecular weight is 252 g/mol. The van der Waals surface area contributed by atoms with Gasteiger partial charge in [0.1, 0.15) is 0 Å². The first-order valence-corrected chi connectivity index (χ1v) is 7.91. The molecule has 2 fully saturated rings. The zero-order chi connectivity index (χ0) is 11.9. The van der Waals surface area contributed by atoms with Crippen LogP contribution in [0, 0.1) is 18.3 Å². The van der Waals surface area contributed by atoms with E-state index >= 15 is 0 Å². The van der Waals surface area contributed by atoms with Gasteiger partial charge in [0.05, 0.1) is 6.54 Å². The molecule has 0 radical (unpaired) electrons. The third kappa shape index (κ3) is 5.33. The predicted molar refractivity (Wildman–Crippen MR) is 76.3 cm³/mol. The number of thioether (sulfide) groups is 1. The maximum absolute atomic E-state index is 5.43. The second-order valence-electron chi connectivity index (χ2n) is 5.20. The number of nitrogens with zero attached hydrogens (tertiary/aromatic N) is 1. The zero-order valence-electron chi connectivity index (χ0n) is 10.7. The Bertz CT molecular complexity index is 251. The van der Waals surface area contributed by atoms with Crippen LogP contribution in [0.5, 0.6) is 0 Å². The molecule has 96 valence electrons. The van der Waals surface area contributed by atoms with Crippen molar-refractivity contribution in [2.75, 3.05) is 38.5 Å². The summed E-state index contributed by atoms with van der Waals surface area (Å²) in [5.41, 5.74) is 0. The fourth-order valence-electron chi connectivity index (χ4n) is 2.34. The fourth-order valence-corrected chi connectivity index (χ4v) is 3.61. The van der Waals surface area contributed by atoms with Crippen molar-refractivity contribution in [3.05, 3.63) is 0 Å². The summed E-state index contributed by atoms with van der Waals surface area (Å²) in [5, 5.41) is 4.30. The van der Waals surface area contributed by atoms with E-state index < -0.39 is 0 Å². The monoisotopic (exact) mass is 252 g/mol. The molecule has 1 saturated carbocycles. The van der Waals surface area contributed by atoms with Gasteiger partial charge in [0.2, 0.25) is 0 Å². The van der Waals surface area contributed by atoms with Crippen LogP contribution in [0.1, 0.15) is 25.7 Å². The molecule has 0 amide bonds. The summed E-state index contributed by atoms with van der Waals surface area (Å²) in [6.07, 6.45) is 10.9. The number of hydrogen-bond acceptors (Lipinski definition) is 3. The van der Waals surface area contributed by atoms with Gasteiger partial charge in [0.15, 0.2) is 0 Å². The molecule has 1 N–H and O–H groups in total. The molecule has 0 aromatic heterocycles. The van der Waals surface area contributed by atoms with E-state index in [9.17, 15) is 0 Å². The minimum Gasteiger partial charge on any atom is -0.317 e. The molecule has 1 aliphatic heterocycles. The summed E-state index contributed by atoms with van der Waals surface area (Å²) in [5.74, 6) is 5.00. The molecular formula is C14H24N2S. The van der Waals surface area contributed by atoms with Gasteiger partial charge in [-0.2, -0.15) is 11.8 Å². The van der Waals surface area contributed by atoms with Crippen molar-refractivity contribution >= 4 is 11.8 Å². The predicted octanol–water partition coefficient (Wildman–Crippen LogP) is 1.82. The Morgan fingerprint density at radius 3 is 2.65 bits per heavy atom. The summed E-state index contributed by atoms with van der Waals surface area (Å²) in [7, 11) is 0. The minimum atomic E-state index is 0.837. The second-order valence-corrected chi connectivity index (χ2v) is 6.61. The summed E-state index contributed by atoms with van der Waals surface area (Å²) < 4.78 is 0. The van der Waals surface area contributed by atoms with E-state index in [0.717, 1.165) is 17.7 Å². The lowest BCUT2D eigenvalue weighted by atomic mass is 10.2. The highest BCUT2D eigenvalue weighted by Crippen LogP contribution is 2.29. The molecule has 2 aliphatic rings. The van der Waals surface area contributed by atoms with Gasteiger partial charge in [-0.3, -0.25) is 4.90 Å². The average Bonchev–Trinajstić information content (AvgIpc) is 3.15. The van der Waals surface area contributed by atoms with E-state index in [4.69, 9.17) is 6.42 Å². The van der Waals surface area contributed by atoms with Crippen LogP contribution in [0.3, 0.4) is 0 Å². The maximum Gasteiger partial charge on any atom is 0.0599 e. The van der Waals surface area contributed by atoms with Gasteiger partial charge in [-0.1, -0.05) is 5.92 Å². The quantitative estimate of drug-likeness (QED) is 0.696. The molecule has 0 aromatic carbocycles. The molecule has 2 rings (SSSR count). The first kappa shape index (κ1) is 13.3. The van der Waals surface area contributed by atoms with Gasteiger partial charge in [-0.15, -0.1) is 6.42 Å². The van der Waals surface area contributed by atoms with Crippen molar-refractivity contribution < 1.29 is 0 Å². The summed E-state index contributed by atoms with van der Waals surface area (Å²) >= 11 is 2.15. The molecule has 0 aromatic rings. The van der Waals surface area contributed by atoms with E-state index in [0.29, 0.717) is 0 Å². The van der Waals surface area contributed by atoms with Crippen LogP contribution < -0.4 is 5.32 Å². The Morgan fingerprint density at radius 2 is 2.00 bits per heavy atom. The van der Waals surface area contributed by atoms with Gasteiger partial charge in [0.25, 0.3) is 0 Å². The van der Waals surface area contributed by atoms with Gasteiger partial charge in [-0.25, -0.2) is 0 Å². The lowest BCUT2D eigenvalue weighted by molar-refractivity contribution is 0.313. The van der Waals surface area contributed by atoms with Crippen molar-refractivity contribution in [1.29, 1.82) is 0 Å². The van der Waals surface area contributed by atoms with Crippen LogP contribution in [0.15, 0.2) is 0 Å². The van der Waals surface area contributed by atoms with Crippen molar-refractivity contribution in [2.24, 2.45) is 5.92 Å². The van der Waals surface area contributed by atoms with Crippen LogP contribution in [-0.4, -0.2) is 48.6 Å². The molecule has 0 bridgehead atoms. The molecule has 2 nitrogen and oxygen atoms in total. The molecule has 3 heteroatoms. The van der Waals surface area contributed by atoms with Crippen molar-refractivity contribution in [3.63, 3.8) is 0 Å². The third-order valence-electron chi connectivity index (χ3n) is 3.58. The first-order valence-electron chi connectivity index (χ1n) is 6.86. The third-order valence-corrected chi connectivity index (χ3v) is 4.94. The number of nitrogens with one attached hydrogen (secondary N) is 1. The number of terminal acetylenes is 1. The molecular weight excluding hydrogens is 228 g/mol.